The fourth-order valence-corrected chi connectivity index (χ4v) is 2.45. The average Bonchev–Trinajstić information content (AvgIpc) is 3.10. The second-order valence-corrected chi connectivity index (χ2v) is 4.98. The first kappa shape index (κ1) is 13.9. The van der Waals surface area contributed by atoms with Crippen molar-refractivity contribution in [3.63, 3.8) is 0 Å². The number of imide groups is 1. The van der Waals surface area contributed by atoms with Crippen LogP contribution in [0.25, 0.3) is 0 Å². The van der Waals surface area contributed by atoms with E-state index in [-0.39, 0.29) is 11.8 Å². The summed E-state index contributed by atoms with van der Waals surface area (Å²) < 4.78 is 1.53. The summed E-state index contributed by atoms with van der Waals surface area (Å²) in [5.41, 5.74) is 0.812. The van der Waals surface area contributed by atoms with Crippen LogP contribution in [0.3, 0.4) is 0 Å². The Bertz CT molecular complexity index is 754. The van der Waals surface area contributed by atoms with Crippen molar-refractivity contribution in [2.45, 2.75) is 25.9 Å². The minimum Gasteiger partial charge on any atom is -0.269 e. The molecule has 7 heteroatoms. The zero-order valence-corrected chi connectivity index (χ0v) is 11.9. The predicted molar refractivity (Wildman–Crippen MR) is 75.6 cm³/mol. The first-order chi connectivity index (χ1) is 10.6. The summed E-state index contributed by atoms with van der Waals surface area (Å²) >= 11 is 0. The fraction of sp³-hybridized carbons (Fsp3) is 0.267. The topological polar surface area (TPSA) is 91.9 Å². The van der Waals surface area contributed by atoms with Crippen LogP contribution in [0.5, 0.6) is 0 Å². The van der Waals surface area contributed by atoms with Crippen molar-refractivity contribution in [1.29, 1.82) is 5.26 Å². The highest BCUT2D eigenvalue weighted by molar-refractivity contribution is 6.21. The summed E-state index contributed by atoms with van der Waals surface area (Å²) in [7, 11) is 0. The van der Waals surface area contributed by atoms with E-state index < -0.39 is 6.04 Å². The fourth-order valence-electron chi connectivity index (χ4n) is 2.45. The number of hydrogen-bond acceptors (Lipinski definition) is 5. The summed E-state index contributed by atoms with van der Waals surface area (Å²) in [5, 5.41) is 12.8. The van der Waals surface area contributed by atoms with Gasteiger partial charge in [0.2, 0.25) is 0 Å². The summed E-state index contributed by atoms with van der Waals surface area (Å²) in [6.45, 7) is 2.14. The van der Waals surface area contributed by atoms with Gasteiger partial charge in [-0.2, -0.15) is 10.4 Å². The molecule has 0 saturated heterocycles. The zero-order valence-electron chi connectivity index (χ0n) is 11.9. The van der Waals surface area contributed by atoms with Gasteiger partial charge in [0.25, 0.3) is 11.8 Å². The highest BCUT2D eigenvalue weighted by Gasteiger charge is 2.39. The number of nitrogens with zero attached hydrogens (tertiary/aromatic N) is 5. The monoisotopic (exact) mass is 295 g/mol. The number of nitriles is 1. The third-order valence-corrected chi connectivity index (χ3v) is 3.59. The largest absolute Gasteiger partial charge is 0.269 e. The number of carbonyl (C=O) groups excluding carboxylic acids is 2. The summed E-state index contributed by atoms with van der Waals surface area (Å²) in [5.74, 6) is -0.282. The molecule has 110 valence electrons. The Morgan fingerprint density at radius 1 is 1.23 bits per heavy atom. The number of rotatable bonds is 4. The normalized spacial score (nSPS) is 14.8. The van der Waals surface area contributed by atoms with Gasteiger partial charge in [-0.1, -0.05) is 12.1 Å². The molecule has 22 heavy (non-hydrogen) atoms. The van der Waals surface area contributed by atoms with Crippen LogP contribution in [0.15, 0.2) is 30.6 Å². The quantitative estimate of drug-likeness (QED) is 0.798. The first-order valence-electron chi connectivity index (χ1n) is 6.86. The van der Waals surface area contributed by atoms with E-state index >= 15 is 0 Å². The number of amides is 2. The van der Waals surface area contributed by atoms with Gasteiger partial charge in [-0.15, -0.1) is 0 Å². The molecule has 2 heterocycles. The minimum atomic E-state index is -0.560. The molecule has 0 aliphatic carbocycles. The molecular weight excluding hydrogens is 282 g/mol. The maximum absolute atomic E-state index is 12.4. The molecule has 0 radical (unpaired) electrons. The van der Waals surface area contributed by atoms with Crippen LogP contribution < -0.4 is 0 Å². The molecule has 1 aromatic carbocycles. The third-order valence-electron chi connectivity index (χ3n) is 3.59. The molecule has 0 N–H and O–H groups in total. The van der Waals surface area contributed by atoms with Gasteiger partial charge in [-0.25, -0.2) is 4.98 Å². The van der Waals surface area contributed by atoms with Gasteiger partial charge in [0.05, 0.1) is 36.2 Å². The SMILES string of the molecule is C[C@@H](c1ncn(CCC#N)n1)N1C(=O)c2ccccc2C1=O. The van der Waals surface area contributed by atoms with Gasteiger partial charge >= 0.3 is 0 Å². The van der Waals surface area contributed by atoms with Crippen molar-refractivity contribution in [1.82, 2.24) is 19.7 Å². The van der Waals surface area contributed by atoms with Crippen LogP contribution >= 0.6 is 0 Å². The van der Waals surface area contributed by atoms with Crippen molar-refractivity contribution in [2.75, 3.05) is 0 Å². The Labute approximate surface area is 126 Å². The van der Waals surface area contributed by atoms with E-state index in [2.05, 4.69) is 10.1 Å². The Morgan fingerprint density at radius 3 is 2.45 bits per heavy atom. The molecule has 0 unspecified atom stereocenters. The third kappa shape index (κ3) is 2.15. The second kappa shape index (κ2) is 5.41. The van der Waals surface area contributed by atoms with E-state index in [1.54, 1.807) is 31.2 Å². The average molecular weight is 295 g/mol. The molecule has 7 nitrogen and oxygen atoms in total. The number of benzene rings is 1. The van der Waals surface area contributed by atoms with Crippen LogP contribution in [-0.4, -0.2) is 31.5 Å². The standard InChI is InChI=1S/C15H13N5O2/c1-10(13-17-9-19(18-13)8-4-7-16)20-14(21)11-5-2-3-6-12(11)15(20)22/h2-3,5-6,9-10H,4,8H2,1H3/t10-/m0/s1. The van der Waals surface area contributed by atoms with Crippen LogP contribution in [0.4, 0.5) is 0 Å². The summed E-state index contributed by atoms with van der Waals surface area (Å²) in [6, 6.07) is 8.21. The van der Waals surface area contributed by atoms with Crippen LogP contribution in [-0.2, 0) is 6.54 Å². The molecule has 1 atom stereocenters. The maximum Gasteiger partial charge on any atom is 0.262 e. The summed E-state index contributed by atoms with van der Waals surface area (Å²) in [4.78, 5) is 30.1. The van der Waals surface area contributed by atoms with Gasteiger partial charge in [0, 0.05) is 0 Å². The van der Waals surface area contributed by atoms with Gasteiger partial charge in [-0.3, -0.25) is 19.2 Å². The van der Waals surface area contributed by atoms with Crippen molar-refractivity contribution < 1.29 is 9.59 Å². The van der Waals surface area contributed by atoms with Gasteiger partial charge in [0.15, 0.2) is 5.82 Å². The first-order valence-corrected chi connectivity index (χ1v) is 6.86. The number of aryl methyl sites for hydroxylation is 1. The Morgan fingerprint density at radius 2 is 1.86 bits per heavy atom. The highest BCUT2D eigenvalue weighted by Crippen LogP contribution is 2.29. The lowest BCUT2D eigenvalue weighted by Crippen LogP contribution is -2.33. The van der Waals surface area contributed by atoms with Crippen molar-refractivity contribution >= 4 is 11.8 Å². The smallest absolute Gasteiger partial charge is 0.262 e. The number of fused-ring (bicyclic) bond motifs is 1. The molecule has 1 aliphatic heterocycles. The number of aromatic nitrogens is 3. The van der Waals surface area contributed by atoms with Crippen LogP contribution in [0.2, 0.25) is 0 Å². The summed E-state index contributed by atoms with van der Waals surface area (Å²) in [6.07, 6.45) is 1.82. The number of hydrogen-bond donors (Lipinski definition) is 0. The molecule has 2 amide bonds. The zero-order chi connectivity index (χ0) is 15.7. The van der Waals surface area contributed by atoms with Crippen LogP contribution in [0, 0.1) is 11.3 Å². The van der Waals surface area contributed by atoms with E-state index in [0.29, 0.717) is 29.9 Å². The van der Waals surface area contributed by atoms with E-state index in [1.165, 1.54) is 15.9 Å². The molecule has 0 saturated carbocycles. The molecule has 1 aromatic heterocycles. The Balaban J connectivity index is 1.86. The number of carbonyl (C=O) groups is 2. The molecule has 0 fully saturated rings. The van der Waals surface area contributed by atoms with Crippen molar-refractivity contribution in [3.8, 4) is 6.07 Å². The van der Waals surface area contributed by atoms with Crippen molar-refractivity contribution in [2.24, 2.45) is 0 Å². The maximum atomic E-state index is 12.4. The lowest BCUT2D eigenvalue weighted by atomic mass is 10.1. The van der Waals surface area contributed by atoms with Crippen molar-refractivity contribution in [3.05, 3.63) is 47.5 Å². The van der Waals surface area contributed by atoms with Gasteiger partial charge in [-0.05, 0) is 19.1 Å². The molecule has 0 spiro atoms. The van der Waals surface area contributed by atoms with Gasteiger partial charge in [0.1, 0.15) is 6.33 Å². The lowest BCUT2D eigenvalue weighted by molar-refractivity contribution is 0.0588. The predicted octanol–water partition coefficient (Wildman–Crippen LogP) is 1.55. The van der Waals surface area contributed by atoms with E-state index in [1.807, 2.05) is 6.07 Å². The van der Waals surface area contributed by atoms with E-state index in [9.17, 15) is 9.59 Å². The molecule has 3 rings (SSSR count). The van der Waals surface area contributed by atoms with E-state index in [4.69, 9.17) is 5.26 Å². The molecule has 2 aromatic rings. The molecule has 0 bridgehead atoms. The van der Waals surface area contributed by atoms with Gasteiger partial charge < -0.3 is 0 Å². The Kier molecular flexibility index (Phi) is 3.43. The molecular formula is C15H13N5O2. The second-order valence-electron chi connectivity index (χ2n) is 4.98. The van der Waals surface area contributed by atoms with Crippen LogP contribution in [0.1, 0.15) is 45.9 Å². The van der Waals surface area contributed by atoms with E-state index in [0.717, 1.165) is 0 Å². The minimum absolute atomic E-state index is 0.324. The Hall–Kier alpha value is -3.01. The molecule has 1 aliphatic rings. The lowest BCUT2D eigenvalue weighted by Gasteiger charge is -2.19. The highest BCUT2D eigenvalue weighted by atomic mass is 16.2.